The predicted molar refractivity (Wildman–Crippen MR) is 99.8 cm³/mol. The second kappa shape index (κ2) is 6.09. The summed E-state index contributed by atoms with van der Waals surface area (Å²) in [5.41, 5.74) is 2.07. The third-order valence-corrected chi connectivity index (χ3v) is 7.07. The van der Waals surface area contributed by atoms with Gasteiger partial charge in [0.2, 0.25) is 0 Å². The third kappa shape index (κ3) is 2.69. The van der Waals surface area contributed by atoms with Gasteiger partial charge in [-0.1, -0.05) is 30.3 Å². The van der Waals surface area contributed by atoms with Crippen molar-refractivity contribution in [3.8, 4) is 16.5 Å². The number of hydrogen-bond acceptors (Lipinski definition) is 5. The van der Waals surface area contributed by atoms with Crippen LogP contribution in [-0.4, -0.2) is 14.3 Å². The molecule has 2 aromatic carbocycles. The molecule has 0 atom stereocenters. The second-order valence-corrected chi connectivity index (χ2v) is 8.84. The fourth-order valence-corrected chi connectivity index (χ4v) is 5.81. The summed E-state index contributed by atoms with van der Waals surface area (Å²) in [7, 11) is -3.41. The predicted octanol–water partition coefficient (Wildman–Crippen LogP) is 3.83. The molecule has 1 aromatic heterocycles. The molecule has 0 bridgehead atoms. The lowest BCUT2D eigenvalue weighted by Crippen LogP contribution is -2.12. The summed E-state index contributed by atoms with van der Waals surface area (Å²) in [5, 5.41) is 11.9. The van der Waals surface area contributed by atoms with Gasteiger partial charge in [-0.25, -0.2) is 8.42 Å². The molecule has 0 saturated carbocycles. The third-order valence-electron chi connectivity index (χ3n) is 4.14. The number of carbonyl (C=O) groups is 1. The molecule has 7 heteroatoms. The maximum absolute atomic E-state index is 12.6. The molecular formula is C19H12N2O3S2. The van der Waals surface area contributed by atoms with Crippen LogP contribution in [0.2, 0.25) is 0 Å². The Bertz CT molecular complexity index is 1190. The molecule has 3 aromatic rings. The Morgan fingerprint density at radius 3 is 2.65 bits per heavy atom. The van der Waals surface area contributed by atoms with Crippen molar-refractivity contribution in [2.45, 2.75) is 10.6 Å². The number of anilines is 1. The van der Waals surface area contributed by atoms with Gasteiger partial charge in [-0.2, -0.15) is 5.26 Å². The van der Waals surface area contributed by atoms with Gasteiger partial charge in [0.25, 0.3) is 5.91 Å². The molecular weight excluding hydrogens is 368 g/mol. The SMILES string of the molecule is N#Cc1ccccc1NC(=O)c1cc2c(s1)-c1ccccc1S(=O)(=O)C2. The molecule has 128 valence electrons. The van der Waals surface area contributed by atoms with Crippen LogP contribution in [0.4, 0.5) is 5.69 Å². The maximum atomic E-state index is 12.6. The number of amides is 1. The highest BCUT2D eigenvalue weighted by Gasteiger charge is 2.30. The van der Waals surface area contributed by atoms with Crippen molar-refractivity contribution in [1.29, 1.82) is 5.26 Å². The van der Waals surface area contributed by atoms with Crippen molar-refractivity contribution in [3.05, 3.63) is 70.6 Å². The normalized spacial score (nSPS) is 14.0. The molecule has 2 heterocycles. The van der Waals surface area contributed by atoms with Crippen molar-refractivity contribution < 1.29 is 13.2 Å². The van der Waals surface area contributed by atoms with Gasteiger partial charge in [-0.15, -0.1) is 11.3 Å². The molecule has 1 amide bonds. The minimum Gasteiger partial charge on any atom is -0.320 e. The Balaban J connectivity index is 1.73. The Morgan fingerprint density at radius 1 is 1.12 bits per heavy atom. The monoisotopic (exact) mass is 380 g/mol. The van der Waals surface area contributed by atoms with Gasteiger partial charge in [0.1, 0.15) is 6.07 Å². The van der Waals surface area contributed by atoms with Crippen molar-refractivity contribution >= 4 is 32.8 Å². The van der Waals surface area contributed by atoms with E-state index >= 15 is 0 Å². The van der Waals surface area contributed by atoms with Crippen LogP contribution >= 0.6 is 11.3 Å². The summed E-state index contributed by atoms with van der Waals surface area (Å²) in [6, 6.07) is 17.2. The molecule has 0 saturated heterocycles. The molecule has 0 fully saturated rings. The first kappa shape index (κ1) is 16.5. The zero-order chi connectivity index (χ0) is 18.3. The summed E-state index contributed by atoms with van der Waals surface area (Å²) in [4.78, 5) is 14.1. The molecule has 1 aliphatic heterocycles. The number of fused-ring (bicyclic) bond motifs is 3. The van der Waals surface area contributed by atoms with Gasteiger partial charge >= 0.3 is 0 Å². The highest BCUT2D eigenvalue weighted by atomic mass is 32.2. The number of sulfone groups is 1. The van der Waals surface area contributed by atoms with E-state index in [0.717, 1.165) is 4.88 Å². The summed E-state index contributed by atoms with van der Waals surface area (Å²) in [6.45, 7) is 0. The number of benzene rings is 2. The highest BCUT2D eigenvalue weighted by Crippen LogP contribution is 2.42. The molecule has 1 aliphatic rings. The fraction of sp³-hybridized carbons (Fsp3) is 0.0526. The lowest BCUT2D eigenvalue weighted by Gasteiger charge is -2.15. The van der Waals surface area contributed by atoms with Crippen LogP contribution in [0.3, 0.4) is 0 Å². The highest BCUT2D eigenvalue weighted by molar-refractivity contribution is 7.91. The first-order valence-corrected chi connectivity index (χ1v) is 10.2. The molecule has 0 aliphatic carbocycles. The average molecular weight is 380 g/mol. The van der Waals surface area contributed by atoms with Crippen LogP contribution in [0, 0.1) is 11.3 Å². The van der Waals surface area contributed by atoms with E-state index in [2.05, 4.69) is 5.32 Å². The van der Waals surface area contributed by atoms with Gasteiger partial charge in [0, 0.05) is 10.4 Å². The second-order valence-electron chi connectivity index (χ2n) is 5.83. The van der Waals surface area contributed by atoms with Crippen molar-refractivity contribution in [3.63, 3.8) is 0 Å². The topological polar surface area (TPSA) is 87.0 Å². The average Bonchev–Trinajstić information content (AvgIpc) is 3.06. The standard InChI is InChI=1S/C19H12N2O3S2/c20-10-12-5-1-3-7-15(12)21-19(22)16-9-13-11-26(23,24)17-8-4-2-6-14(17)18(13)25-16/h1-9H,11H2,(H,21,22). The van der Waals surface area contributed by atoms with Crippen LogP contribution < -0.4 is 5.32 Å². The Labute approximate surface area is 154 Å². The number of carbonyl (C=O) groups excluding carboxylic acids is 1. The zero-order valence-electron chi connectivity index (χ0n) is 13.4. The summed E-state index contributed by atoms with van der Waals surface area (Å²) < 4.78 is 24.9. The minimum absolute atomic E-state index is 0.113. The van der Waals surface area contributed by atoms with Crippen LogP contribution in [-0.2, 0) is 15.6 Å². The summed E-state index contributed by atoms with van der Waals surface area (Å²) in [5.74, 6) is -0.472. The maximum Gasteiger partial charge on any atom is 0.265 e. The largest absolute Gasteiger partial charge is 0.320 e. The van der Waals surface area contributed by atoms with Crippen molar-refractivity contribution in [2.24, 2.45) is 0 Å². The van der Waals surface area contributed by atoms with Gasteiger partial charge in [-0.3, -0.25) is 4.79 Å². The van der Waals surface area contributed by atoms with E-state index in [-0.39, 0.29) is 11.7 Å². The number of nitriles is 1. The van der Waals surface area contributed by atoms with Crippen LogP contribution in [0.15, 0.2) is 59.5 Å². The lowest BCUT2D eigenvalue weighted by atomic mass is 10.1. The van der Waals surface area contributed by atoms with Crippen LogP contribution in [0.5, 0.6) is 0 Å². The zero-order valence-corrected chi connectivity index (χ0v) is 15.0. The van der Waals surface area contributed by atoms with Gasteiger partial charge in [-0.05, 0) is 29.8 Å². The van der Waals surface area contributed by atoms with Gasteiger partial charge in [0.05, 0.1) is 26.8 Å². The quantitative estimate of drug-likeness (QED) is 0.732. The van der Waals surface area contributed by atoms with E-state index in [1.165, 1.54) is 11.3 Å². The number of thiophene rings is 1. The minimum atomic E-state index is -3.41. The van der Waals surface area contributed by atoms with E-state index in [4.69, 9.17) is 5.26 Å². The number of nitrogens with zero attached hydrogens (tertiary/aromatic N) is 1. The van der Waals surface area contributed by atoms with Crippen molar-refractivity contribution in [2.75, 3.05) is 5.32 Å². The molecule has 0 radical (unpaired) electrons. The lowest BCUT2D eigenvalue weighted by molar-refractivity contribution is 0.103. The van der Waals surface area contributed by atoms with E-state index < -0.39 is 9.84 Å². The van der Waals surface area contributed by atoms with Gasteiger partial charge < -0.3 is 5.32 Å². The molecule has 1 N–H and O–H groups in total. The Kier molecular flexibility index (Phi) is 3.87. The molecule has 5 nitrogen and oxygen atoms in total. The first-order valence-electron chi connectivity index (χ1n) is 7.75. The number of nitrogens with one attached hydrogen (secondary N) is 1. The molecule has 0 spiro atoms. The Morgan fingerprint density at radius 2 is 1.85 bits per heavy atom. The van der Waals surface area contributed by atoms with E-state index in [1.54, 1.807) is 54.6 Å². The summed E-state index contributed by atoms with van der Waals surface area (Å²) in [6.07, 6.45) is 0. The van der Waals surface area contributed by atoms with E-state index in [1.807, 2.05) is 6.07 Å². The molecule has 4 rings (SSSR count). The number of hydrogen-bond donors (Lipinski definition) is 1. The first-order chi connectivity index (χ1) is 12.5. The smallest absolute Gasteiger partial charge is 0.265 e. The van der Waals surface area contributed by atoms with Crippen molar-refractivity contribution in [1.82, 2.24) is 0 Å². The number of rotatable bonds is 2. The Hall–Kier alpha value is -2.95. The summed E-state index contributed by atoms with van der Waals surface area (Å²) >= 11 is 1.26. The van der Waals surface area contributed by atoms with Gasteiger partial charge in [0.15, 0.2) is 9.84 Å². The van der Waals surface area contributed by atoms with Crippen LogP contribution in [0.25, 0.3) is 10.4 Å². The fourth-order valence-electron chi connectivity index (χ4n) is 2.96. The molecule has 26 heavy (non-hydrogen) atoms. The van der Waals surface area contributed by atoms with Crippen LogP contribution in [0.1, 0.15) is 20.8 Å². The number of para-hydroxylation sites is 1. The molecule has 0 unspecified atom stereocenters. The van der Waals surface area contributed by atoms with E-state index in [9.17, 15) is 13.2 Å². The van der Waals surface area contributed by atoms with E-state index in [0.29, 0.717) is 32.2 Å².